The topological polar surface area (TPSA) is 45.2 Å². The molecule has 1 aromatic heterocycles. The summed E-state index contributed by atoms with van der Waals surface area (Å²) in [5, 5.41) is 3.19. The Balaban J connectivity index is 2.38. The van der Waals surface area contributed by atoms with Crippen LogP contribution < -0.4 is 5.32 Å². The molecule has 1 N–H and O–H groups in total. The first-order chi connectivity index (χ1) is 8.19. The van der Waals surface area contributed by atoms with Gasteiger partial charge in [-0.15, -0.1) is 0 Å². The van der Waals surface area contributed by atoms with Crippen LogP contribution in [0.5, 0.6) is 0 Å². The van der Waals surface area contributed by atoms with Crippen molar-refractivity contribution in [2.45, 2.75) is 27.2 Å². The van der Waals surface area contributed by atoms with Gasteiger partial charge in [-0.3, -0.25) is 4.79 Å². The normalized spacial score (nSPS) is 10.1. The van der Waals surface area contributed by atoms with Crippen molar-refractivity contribution in [1.82, 2.24) is 9.88 Å². The predicted molar refractivity (Wildman–Crippen MR) is 70.0 cm³/mol. The van der Waals surface area contributed by atoms with E-state index in [9.17, 15) is 4.79 Å². The summed E-state index contributed by atoms with van der Waals surface area (Å²) in [5.74, 6) is 1.05. The fraction of sp³-hybridized carbons (Fsp3) is 0.538. The van der Waals surface area contributed by atoms with Crippen LogP contribution >= 0.6 is 0 Å². The van der Waals surface area contributed by atoms with Crippen LogP contribution in [0, 0.1) is 6.92 Å². The van der Waals surface area contributed by atoms with Crippen molar-refractivity contribution in [2.75, 3.05) is 25.0 Å². The molecule has 0 bridgehead atoms. The number of hydrogen-bond acceptors (Lipinski definition) is 3. The summed E-state index contributed by atoms with van der Waals surface area (Å²) in [6, 6.07) is 3.91. The monoisotopic (exact) mass is 235 g/mol. The molecular formula is C13H21N3O. The van der Waals surface area contributed by atoms with Gasteiger partial charge in [0.2, 0.25) is 5.91 Å². The first-order valence-electron chi connectivity index (χ1n) is 6.12. The third-order valence-electron chi connectivity index (χ3n) is 2.76. The van der Waals surface area contributed by atoms with E-state index >= 15 is 0 Å². The molecule has 0 aliphatic carbocycles. The van der Waals surface area contributed by atoms with E-state index in [0.29, 0.717) is 13.0 Å². The summed E-state index contributed by atoms with van der Waals surface area (Å²) in [5.41, 5.74) is 1.10. The minimum Gasteiger partial charge on any atom is -0.369 e. The van der Waals surface area contributed by atoms with Crippen LogP contribution in [0.2, 0.25) is 0 Å². The lowest BCUT2D eigenvalue weighted by molar-refractivity contribution is -0.130. The van der Waals surface area contributed by atoms with Crippen molar-refractivity contribution in [2.24, 2.45) is 0 Å². The maximum absolute atomic E-state index is 11.7. The average Bonchev–Trinajstić information content (AvgIpc) is 2.33. The Morgan fingerprint density at radius 1 is 1.41 bits per heavy atom. The number of nitrogens with one attached hydrogen (secondary N) is 1. The van der Waals surface area contributed by atoms with E-state index in [-0.39, 0.29) is 5.91 Å². The molecule has 17 heavy (non-hydrogen) atoms. The zero-order valence-corrected chi connectivity index (χ0v) is 10.9. The zero-order chi connectivity index (χ0) is 12.7. The SMILES string of the molecule is CCN(CC)C(=O)CCNc1ncccc1C. The molecule has 0 aliphatic rings. The molecule has 0 fully saturated rings. The molecule has 1 heterocycles. The van der Waals surface area contributed by atoms with Gasteiger partial charge in [-0.25, -0.2) is 4.98 Å². The van der Waals surface area contributed by atoms with Crippen LogP contribution in [0.4, 0.5) is 5.82 Å². The number of aryl methyl sites for hydroxylation is 1. The number of rotatable bonds is 6. The highest BCUT2D eigenvalue weighted by atomic mass is 16.2. The molecule has 4 heteroatoms. The number of carbonyl (C=O) groups is 1. The molecule has 0 aliphatic heterocycles. The number of hydrogen-bond donors (Lipinski definition) is 1. The van der Waals surface area contributed by atoms with Gasteiger partial charge in [0.1, 0.15) is 5.82 Å². The van der Waals surface area contributed by atoms with E-state index in [4.69, 9.17) is 0 Å². The van der Waals surface area contributed by atoms with Crippen molar-refractivity contribution in [3.05, 3.63) is 23.9 Å². The van der Waals surface area contributed by atoms with Crippen molar-refractivity contribution < 1.29 is 4.79 Å². The number of carbonyl (C=O) groups excluding carboxylic acids is 1. The molecule has 94 valence electrons. The largest absolute Gasteiger partial charge is 0.369 e. The lowest BCUT2D eigenvalue weighted by Gasteiger charge is -2.18. The zero-order valence-electron chi connectivity index (χ0n) is 10.9. The Morgan fingerprint density at radius 2 is 2.12 bits per heavy atom. The van der Waals surface area contributed by atoms with E-state index < -0.39 is 0 Å². The van der Waals surface area contributed by atoms with Gasteiger partial charge in [0, 0.05) is 32.3 Å². The molecule has 1 rings (SSSR count). The Bertz CT molecular complexity index is 361. The van der Waals surface area contributed by atoms with Gasteiger partial charge >= 0.3 is 0 Å². The fourth-order valence-electron chi connectivity index (χ4n) is 1.69. The minimum absolute atomic E-state index is 0.191. The van der Waals surface area contributed by atoms with Crippen LogP contribution in [0.3, 0.4) is 0 Å². The van der Waals surface area contributed by atoms with Gasteiger partial charge in [0.05, 0.1) is 0 Å². The summed E-state index contributed by atoms with van der Waals surface area (Å²) < 4.78 is 0. The Hall–Kier alpha value is -1.58. The van der Waals surface area contributed by atoms with Crippen molar-refractivity contribution in [3.8, 4) is 0 Å². The Labute approximate surface area is 103 Å². The third-order valence-corrected chi connectivity index (χ3v) is 2.76. The highest BCUT2D eigenvalue weighted by Crippen LogP contribution is 2.08. The van der Waals surface area contributed by atoms with Crippen LogP contribution in [0.1, 0.15) is 25.8 Å². The fourth-order valence-corrected chi connectivity index (χ4v) is 1.69. The first kappa shape index (κ1) is 13.5. The summed E-state index contributed by atoms with van der Waals surface area (Å²) in [6.45, 7) is 8.18. The molecular weight excluding hydrogens is 214 g/mol. The number of amides is 1. The smallest absolute Gasteiger partial charge is 0.224 e. The van der Waals surface area contributed by atoms with Gasteiger partial charge < -0.3 is 10.2 Å². The van der Waals surface area contributed by atoms with Crippen molar-refractivity contribution >= 4 is 11.7 Å². The summed E-state index contributed by atoms with van der Waals surface area (Å²) >= 11 is 0. The van der Waals surface area contributed by atoms with Crippen molar-refractivity contribution in [3.63, 3.8) is 0 Å². The van der Waals surface area contributed by atoms with E-state index in [1.54, 1.807) is 6.20 Å². The van der Waals surface area contributed by atoms with Crippen LogP contribution in [0.15, 0.2) is 18.3 Å². The van der Waals surface area contributed by atoms with Gasteiger partial charge in [-0.05, 0) is 32.4 Å². The van der Waals surface area contributed by atoms with Crippen LogP contribution in [0.25, 0.3) is 0 Å². The molecule has 0 saturated carbocycles. The number of nitrogens with zero attached hydrogens (tertiary/aromatic N) is 2. The van der Waals surface area contributed by atoms with Crippen molar-refractivity contribution in [1.29, 1.82) is 0 Å². The number of pyridine rings is 1. The second kappa shape index (κ2) is 6.89. The van der Waals surface area contributed by atoms with E-state index in [2.05, 4.69) is 10.3 Å². The summed E-state index contributed by atoms with van der Waals surface area (Å²) in [7, 11) is 0. The van der Waals surface area contributed by atoms with Crippen LogP contribution in [-0.2, 0) is 4.79 Å². The van der Waals surface area contributed by atoms with Gasteiger partial charge in [-0.1, -0.05) is 6.07 Å². The predicted octanol–water partition coefficient (Wildman–Crippen LogP) is 2.06. The van der Waals surface area contributed by atoms with E-state index in [0.717, 1.165) is 24.5 Å². The van der Waals surface area contributed by atoms with Gasteiger partial charge in [0.15, 0.2) is 0 Å². The molecule has 1 aromatic rings. The summed E-state index contributed by atoms with van der Waals surface area (Å²) in [4.78, 5) is 17.8. The lowest BCUT2D eigenvalue weighted by atomic mass is 10.3. The molecule has 4 nitrogen and oxygen atoms in total. The average molecular weight is 235 g/mol. The maximum Gasteiger partial charge on any atom is 0.224 e. The van der Waals surface area contributed by atoms with E-state index in [1.807, 2.05) is 37.8 Å². The molecule has 0 radical (unpaired) electrons. The third kappa shape index (κ3) is 4.06. The summed E-state index contributed by atoms with van der Waals surface area (Å²) in [6.07, 6.45) is 2.26. The molecule has 0 aromatic carbocycles. The quantitative estimate of drug-likeness (QED) is 0.821. The maximum atomic E-state index is 11.7. The number of aromatic nitrogens is 1. The lowest BCUT2D eigenvalue weighted by Crippen LogP contribution is -2.31. The molecule has 1 amide bonds. The minimum atomic E-state index is 0.191. The number of anilines is 1. The Kier molecular flexibility index (Phi) is 5.46. The first-order valence-corrected chi connectivity index (χ1v) is 6.12. The molecule has 0 unspecified atom stereocenters. The molecule has 0 spiro atoms. The second-order valence-electron chi connectivity index (χ2n) is 3.91. The highest BCUT2D eigenvalue weighted by Gasteiger charge is 2.08. The Morgan fingerprint density at radius 3 is 2.71 bits per heavy atom. The molecule has 0 atom stereocenters. The second-order valence-corrected chi connectivity index (χ2v) is 3.91. The molecule has 0 saturated heterocycles. The van der Waals surface area contributed by atoms with Gasteiger partial charge in [-0.2, -0.15) is 0 Å². The highest BCUT2D eigenvalue weighted by molar-refractivity contribution is 5.76. The van der Waals surface area contributed by atoms with Gasteiger partial charge in [0.25, 0.3) is 0 Å². The van der Waals surface area contributed by atoms with E-state index in [1.165, 1.54) is 0 Å². The van der Waals surface area contributed by atoms with Crippen LogP contribution in [-0.4, -0.2) is 35.4 Å². The standard InChI is InChI=1S/C13H21N3O/c1-4-16(5-2)12(17)8-10-15-13-11(3)7-6-9-14-13/h6-7,9H,4-5,8,10H2,1-3H3,(H,14,15).